The van der Waals surface area contributed by atoms with Crippen molar-refractivity contribution >= 4 is 18.3 Å². The summed E-state index contributed by atoms with van der Waals surface area (Å²) in [6, 6.07) is 0. The second-order valence-corrected chi connectivity index (χ2v) is 5.79. The van der Waals surface area contributed by atoms with Gasteiger partial charge in [0.25, 0.3) is 0 Å². The Morgan fingerprint density at radius 2 is 1.74 bits per heavy atom. The zero-order valence-electron chi connectivity index (χ0n) is 13.5. The smallest absolute Gasteiger partial charge is 0.0655 e. The monoisotopic (exact) mass is 279 g/mol. The molecule has 0 fully saturated rings. The minimum atomic E-state index is 0.109. The lowest BCUT2D eigenvalue weighted by Gasteiger charge is -2.12. The molecule has 0 unspecified atom stereocenters. The van der Waals surface area contributed by atoms with Crippen molar-refractivity contribution < 1.29 is 0 Å². The third-order valence-corrected chi connectivity index (χ3v) is 3.25. The third-order valence-electron chi connectivity index (χ3n) is 2.93. The zero-order valence-corrected chi connectivity index (χ0v) is 14.4. The molecule has 1 aliphatic carbocycles. The maximum Gasteiger partial charge on any atom is 0.0655 e. The fourth-order valence-electron chi connectivity index (χ4n) is 1.53. The maximum absolute atomic E-state index is 4.74. The molecule has 0 N–H and O–H groups in total. The summed E-state index contributed by atoms with van der Waals surface area (Å²) in [4.78, 5) is 4.74. The van der Waals surface area contributed by atoms with E-state index in [1.807, 2.05) is 13.8 Å². The Kier molecular flexibility index (Phi) is 8.08. The Bertz CT molecular complexity index is 395. The van der Waals surface area contributed by atoms with E-state index in [4.69, 9.17) is 4.99 Å². The number of nitrogens with zero attached hydrogens (tertiary/aromatic N) is 1. The normalized spacial score (nSPS) is 18.3. The lowest BCUT2D eigenvalue weighted by Crippen LogP contribution is -2.09. The van der Waals surface area contributed by atoms with E-state index in [1.54, 1.807) is 0 Å². The summed E-state index contributed by atoms with van der Waals surface area (Å²) >= 11 is 4.35. The average Bonchev–Trinajstić information content (AvgIpc) is 2.50. The van der Waals surface area contributed by atoms with Crippen LogP contribution in [0.2, 0.25) is 0 Å². The van der Waals surface area contributed by atoms with Gasteiger partial charge in [-0.15, -0.1) is 0 Å². The second kappa shape index (κ2) is 8.42. The number of aliphatic imine (C=N–C) groups is 1. The molecule has 1 aliphatic rings. The van der Waals surface area contributed by atoms with Crippen LogP contribution in [0.3, 0.4) is 0 Å². The second-order valence-electron chi connectivity index (χ2n) is 5.47. The Hall–Kier alpha value is -0.760. The highest BCUT2D eigenvalue weighted by atomic mass is 32.1. The van der Waals surface area contributed by atoms with Crippen molar-refractivity contribution in [3.05, 3.63) is 35.6 Å². The Balaban J connectivity index is 0.00000154. The lowest BCUT2D eigenvalue weighted by molar-refractivity contribution is 0.626. The van der Waals surface area contributed by atoms with E-state index in [-0.39, 0.29) is 5.41 Å². The molecule has 0 atom stereocenters. The molecule has 1 rings (SSSR count). The van der Waals surface area contributed by atoms with Gasteiger partial charge in [0, 0.05) is 16.9 Å². The lowest BCUT2D eigenvalue weighted by atomic mass is 9.93. The van der Waals surface area contributed by atoms with E-state index < -0.39 is 0 Å². The summed E-state index contributed by atoms with van der Waals surface area (Å²) in [6.45, 7) is 14.8. The molecule has 19 heavy (non-hydrogen) atoms. The van der Waals surface area contributed by atoms with E-state index in [0.717, 1.165) is 17.2 Å². The molecular formula is C17H29NS. The molecule has 0 radical (unpaired) electrons. The van der Waals surface area contributed by atoms with Crippen LogP contribution >= 0.6 is 12.6 Å². The first-order valence-electron chi connectivity index (χ1n) is 7.13. The van der Waals surface area contributed by atoms with Gasteiger partial charge in [0.1, 0.15) is 0 Å². The van der Waals surface area contributed by atoms with Crippen molar-refractivity contribution in [3.63, 3.8) is 0 Å². The van der Waals surface area contributed by atoms with Gasteiger partial charge in [-0.25, -0.2) is 0 Å². The molecule has 0 aromatic carbocycles. The molecule has 0 saturated carbocycles. The van der Waals surface area contributed by atoms with Crippen molar-refractivity contribution in [1.82, 2.24) is 0 Å². The van der Waals surface area contributed by atoms with Crippen molar-refractivity contribution in [2.45, 2.75) is 48.5 Å². The van der Waals surface area contributed by atoms with Crippen molar-refractivity contribution in [2.24, 2.45) is 16.3 Å². The van der Waals surface area contributed by atoms with Crippen LogP contribution in [-0.4, -0.2) is 11.5 Å². The highest BCUT2D eigenvalue weighted by Gasteiger charge is 2.13. The van der Waals surface area contributed by atoms with Gasteiger partial charge in [0.05, 0.1) is 5.70 Å². The largest absolute Gasteiger partial charge is 0.256 e. The molecule has 1 nitrogen and oxygen atoms in total. The predicted molar refractivity (Wildman–Crippen MR) is 92.2 cm³/mol. The summed E-state index contributed by atoms with van der Waals surface area (Å²) in [5, 5.41) is 0. The topological polar surface area (TPSA) is 12.4 Å². The van der Waals surface area contributed by atoms with Crippen LogP contribution in [0.1, 0.15) is 48.5 Å². The van der Waals surface area contributed by atoms with Crippen molar-refractivity contribution in [1.29, 1.82) is 0 Å². The first-order valence-corrected chi connectivity index (χ1v) is 7.76. The van der Waals surface area contributed by atoms with Crippen molar-refractivity contribution in [2.75, 3.05) is 5.75 Å². The Morgan fingerprint density at radius 1 is 1.21 bits per heavy atom. The van der Waals surface area contributed by atoms with Crippen LogP contribution in [0.25, 0.3) is 0 Å². The molecule has 2 heteroatoms. The molecule has 0 bridgehead atoms. The first kappa shape index (κ1) is 18.2. The number of thiol groups is 1. The Morgan fingerprint density at radius 3 is 2.21 bits per heavy atom. The summed E-state index contributed by atoms with van der Waals surface area (Å²) in [7, 11) is 0. The third kappa shape index (κ3) is 6.29. The molecule has 0 aromatic heterocycles. The molecule has 0 saturated heterocycles. The van der Waals surface area contributed by atoms with Crippen LogP contribution in [0.4, 0.5) is 0 Å². The summed E-state index contributed by atoms with van der Waals surface area (Å²) in [5.41, 5.74) is 3.52. The van der Waals surface area contributed by atoms with E-state index in [9.17, 15) is 0 Å². The van der Waals surface area contributed by atoms with Gasteiger partial charge in [-0.05, 0) is 24.5 Å². The molecule has 0 aliphatic heterocycles. The van der Waals surface area contributed by atoms with E-state index in [0.29, 0.717) is 5.92 Å². The summed E-state index contributed by atoms with van der Waals surface area (Å²) in [6.07, 6.45) is 8.71. The highest BCUT2D eigenvalue weighted by molar-refractivity contribution is 7.81. The van der Waals surface area contributed by atoms with Crippen LogP contribution in [0.5, 0.6) is 0 Å². The SMILES string of the molecule is CC.CC1=C(N=C(CS)C(C)C)C=CC(C)(C)C=C1. The maximum atomic E-state index is 4.74. The van der Waals surface area contributed by atoms with Gasteiger partial charge in [0.2, 0.25) is 0 Å². The first-order chi connectivity index (χ1) is 8.85. The molecule has 0 spiro atoms. The van der Waals surface area contributed by atoms with E-state index in [1.165, 1.54) is 5.57 Å². The number of rotatable bonds is 3. The predicted octanol–water partition coefficient (Wildman–Crippen LogP) is 5.47. The number of allylic oxidation sites excluding steroid dienone is 5. The minimum Gasteiger partial charge on any atom is -0.256 e. The van der Waals surface area contributed by atoms with Gasteiger partial charge in [-0.1, -0.05) is 59.8 Å². The number of hydrogen-bond acceptors (Lipinski definition) is 2. The standard InChI is InChI=1S/C15H23NS.C2H6/c1-11(2)14(10-17)16-13-7-9-15(4,5)8-6-12(13)3;1-2/h6-9,11,17H,10H2,1-5H3;1-2H3. The quantitative estimate of drug-likeness (QED) is 0.520. The van der Waals surface area contributed by atoms with Crippen molar-refractivity contribution in [3.8, 4) is 0 Å². The number of hydrogen-bond donors (Lipinski definition) is 1. The van der Waals surface area contributed by atoms with Gasteiger partial charge in [-0.2, -0.15) is 12.6 Å². The highest BCUT2D eigenvalue weighted by Crippen LogP contribution is 2.26. The van der Waals surface area contributed by atoms with Crippen LogP contribution < -0.4 is 0 Å². The van der Waals surface area contributed by atoms with Gasteiger partial charge >= 0.3 is 0 Å². The van der Waals surface area contributed by atoms with Gasteiger partial charge in [-0.3, -0.25) is 4.99 Å². The summed E-state index contributed by atoms with van der Waals surface area (Å²) in [5.74, 6) is 1.16. The van der Waals surface area contributed by atoms with Gasteiger partial charge in [0.15, 0.2) is 0 Å². The molecular weight excluding hydrogens is 250 g/mol. The molecule has 108 valence electrons. The van der Waals surface area contributed by atoms with Crippen LogP contribution in [0, 0.1) is 11.3 Å². The minimum absolute atomic E-state index is 0.109. The molecule has 0 heterocycles. The van der Waals surface area contributed by atoms with E-state index >= 15 is 0 Å². The van der Waals surface area contributed by atoms with Gasteiger partial charge < -0.3 is 0 Å². The summed E-state index contributed by atoms with van der Waals surface area (Å²) < 4.78 is 0. The van der Waals surface area contributed by atoms with Crippen LogP contribution in [-0.2, 0) is 0 Å². The molecule has 0 amide bonds. The fraction of sp³-hybridized carbons (Fsp3) is 0.588. The fourth-order valence-corrected chi connectivity index (χ4v) is 1.97. The zero-order chi connectivity index (χ0) is 15.1. The van der Waals surface area contributed by atoms with E-state index in [2.05, 4.69) is 71.6 Å². The average molecular weight is 279 g/mol. The Labute approximate surface area is 125 Å². The molecule has 0 aromatic rings. The van der Waals surface area contributed by atoms with Crippen LogP contribution in [0.15, 0.2) is 40.6 Å².